The Bertz CT molecular complexity index is 1680. The minimum atomic E-state index is -3.94. The number of esters is 1. The zero-order chi connectivity index (χ0) is 25.1. The number of fused-ring (bicyclic) bond motifs is 3. The minimum Gasteiger partial charge on any atom is -0.497 e. The quantitative estimate of drug-likeness (QED) is 0.233. The number of rotatable bonds is 7. The Kier molecular flexibility index (Phi) is 6.26. The molecular formula is C28H22N2O5S. The van der Waals surface area contributed by atoms with Crippen molar-refractivity contribution in [2.24, 2.45) is 0 Å². The normalized spacial score (nSPS) is 11.4. The molecule has 0 saturated carbocycles. The number of pyridine rings is 1. The molecule has 36 heavy (non-hydrogen) atoms. The molecule has 5 rings (SSSR count). The van der Waals surface area contributed by atoms with Crippen LogP contribution in [0, 0.1) is 0 Å². The average molecular weight is 499 g/mol. The van der Waals surface area contributed by atoms with Crippen LogP contribution in [0.2, 0.25) is 0 Å². The first-order valence-corrected chi connectivity index (χ1v) is 12.6. The van der Waals surface area contributed by atoms with Crippen LogP contribution in [0.4, 0.5) is 5.69 Å². The predicted octanol–water partition coefficient (Wildman–Crippen LogP) is 5.55. The number of aromatic nitrogens is 1. The van der Waals surface area contributed by atoms with Crippen LogP contribution in [-0.4, -0.2) is 26.5 Å². The summed E-state index contributed by atoms with van der Waals surface area (Å²) in [7, 11) is -2.44. The average Bonchev–Trinajstić information content (AvgIpc) is 2.91. The standard InChI is InChI=1S/C28H22N2O5S/c1-34-19-14-16-20(17-15-19)36(32,33)30-26-13-7-5-11-24(26)28(31)35-18-27-23-10-3-2-8-21(23)22-9-4-6-12-25(22)29-27/h2-17,30H,18H2,1H3. The third-order valence-electron chi connectivity index (χ3n) is 5.79. The van der Waals surface area contributed by atoms with Crippen LogP contribution >= 0.6 is 0 Å². The first-order valence-electron chi connectivity index (χ1n) is 11.2. The Morgan fingerprint density at radius 2 is 1.44 bits per heavy atom. The molecule has 1 heterocycles. The van der Waals surface area contributed by atoms with Gasteiger partial charge in [0, 0.05) is 10.8 Å². The molecule has 1 N–H and O–H groups in total. The van der Waals surface area contributed by atoms with Crippen LogP contribution in [0.3, 0.4) is 0 Å². The maximum atomic E-state index is 13.0. The lowest BCUT2D eigenvalue weighted by atomic mass is 10.0. The summed E-state index contributed by atoms with van der Waals surface area (Å²) in [6.45, 7) is -0.0657. The molecule has 0 amide bonds. The second-order valence-electron chi connectivity index (χ2n) is 8.02. The molecule has 0 fully saturated rings. The van der Waals surface area contributed by atoms with Gasteiger partial charge in [-0.05, 0) is 47.9 Å². The molecule has 5 aromatic rings. The van der Waals surface area contributed by atoms with E-state index in [4.69, 9.17) is 14.5 Å². The van der Waals surface area contributed by atoms with Crippen LogP contribution in [0.1, 0.15) is 16.1 Å². The maximum Gasteiger partial charge on any atom is 0.340 e. The van der Waals surface area contributed by atoms with Crippen molar-refractivity contribution < 1.29 is 22.7 Å². The topological polar surface area (TPSA) is 94.6 Å². The number of nitrogens with one attached hydrogen (secondary N) is 1. The van der Waals surface area contributed by atoms with Crippen molar-refractivity contribution in [1.82, 2.24) is 4.98 Å². The summed E-state index contributed by atoms with van der Waals surface area (Å²) in [5.41, 5.74) is 1.64. The van der Waals surface area contributed by atoms with E-state index in [-0.39, 0.29) is 22.8 Å². The molecule has 0 aliphatic heterocycles. The van der Waals surface area contributed by atoms with Gasteiger partial charge in [0.25, 0.3) is 10.0 Å². The lowest BCUT2D eigenvalue weighted by molar-refractivity contribution is 0.0471. The molecule has 1 aromatic heterocycles. The van der Waals surface area contributed by atoms with Crippen LogP contribution in [-0.2, 0) is 21.4 Å². The third kappa shape index (κ3) is 4.58. The number of nitrogens with zero attached hydrogens (tertiary/aromatic N) is 1. The van der Waals surface area contributed by atoms with Gasteiger partial charge in [0.15, 0.2) is 0 Å². The van der Waals surface area contributed by atoms with Gasteiger partial charge in [0.2, 0.25) is 0 Å². The summed E-state index contributed by atoms with van der Waals surface area (Å²) in [5.74, 6) is -0.130. The zero-order valence-electron chi connectivity index (χ0n) is 19.3. The monoisotopic (exact) mass is 498 g/mol. The number of sulfonamides is 1. The summed E-state index contributed by atoms with van der Waals surface area (Å²) >= 11 is 0. The molecule has 0 bridgehead atoms. The number of hydrogen-bond donors (Lipinski definition) is 1. The minimum absolute atomic E-state index is 0.0401. The van der Waals surface area contributed by atoms with Crippen molar-refractivity contribution in [3.05, 3.63) is 108 Å². The molecular weight excluding hydrogens is 476 g/mol. The molecule has 0 aliphatic carbocycles. The largest absolute Gasteiger partial charge is 0.497 e. The Labute approximate surface area is 208 Å². The smallest absolute Gasteiger partial charge is 0.340 e. The number of carbonyl (C=O) groups excluding carboxylic acids is 1. The Hall–Kier alpha value is -4.43. The lowest BCUT2D eigenvalue weighted by Crippen LogP contribution is -2.16. The number of ether oxygens (including phenoxy) is 2. The number of methoxy groups -OCH3 is 1. The molecule has 0 spiro atoms. The van der Waals surface area contributed by atoms with Gasteiger partial charge in [-0.3, -0.25) is 4.72 Å². The molecule has 0 atom stereocenters. The van der Waals surface area contributed by atoms with Crippen LogP contribution < -0.4 is 9.46 Å². The highest BCUT2D eigenvalue weighted by Crippen LogP contribution is 2.27. The number of hydrogen-bond acceptors (Lipinski definition) is 6. The van der Waals surface area contributed by atoms with Crippen LogP contribution in [0.25, 0.3) is 21.7 Å². The summed E-state index contributed by atoms with van der Waals surface area (Å²) in [6.07, 6.45) is 0. The molecule has 8 heteroatoms. The van der Waals surface area contributed by atoms with Crippen molar-refractivity contribution in [2.45, 2.75) is 11.5 Å². The molecule has 0 saturated heterocycles. The van der Waals surface area contributed by atoms with Crippen molar-refractivity contribution in [3.8, 4) is 5.75 Å². The van der Waals surface area contributed by atoms with E-state index < -0.39 is 16.0 Å². The number of anilines is 1. The van der Waals surface area contributed by atoms with Gasteiger partial charge < -0.3 is 9.47 Å². The van der Waals surface area contributed by atoms with Crippen LogP contribution in [0.15, 0.2) is 102 Å². The Morgan fingerprint density at radius 1 is 0.806 bits per heavy atom. The molecule has 180 valence electrons. The van der Waals surface area contributed by atoms with E-state index in [9.17, 15) is 13.2 Å². The molecule has 7 nitrogen and oxygen atoms in total. The fourth-order valence-corrected chi connectivity index (χ4v) is 5.08. The fraction of sp³-hybridized carbons (Fsp3) is 0.0714. The van der Waals surface area contributed by atoms with Gasteiger partial charge in [-0.25, -0.2) is 18.2 Å². The van der Waals surface area contributed by atoms with E-state index in [1.165, 1.54) is 31.4 Å². The summed E-state index contributed by atoms with van der Waals surface area (Å²) in [5, 5.41) is 2.92. The molecule has 0 unspecified atom stereocenters. The highest BCUT2D eigenvalue weighted by atomic mass is 32.2. The van der Waals surface area contributed by atoms with Crippen molar-refractivity contribution >= 4 is 43.4 Å². The Morgan fingerprint density at radius 3 is 2.19 bits per heavy atom. The van der Waals surface area contributed by atoms with Crippen LogP contribution in [0.5, 0.6) is 5.75 Å². The van der Waals surface area contributed by atoms with Gasteiger partial charge in [-0.1, -0.05) is 54.6 Å². The molecule has 4 aromatic carbocycles. The summed E-state index contributed by atoms with van der Waals surface area (Å²) in [6, 6.07) is 27.9. The van der Waals surface area contributed by atoms with Gasteiger partial charge >= 0.3 is 5.97 Å². The van der Waals surface area contributed by atoms with E-state index in [2.05, 4.69) is 4.72 Å². The number of carbonyl (C=O) groups is 1. The van der Waals surface area contributed by atoms with Crippen molar-refractivity contribution in [1.29, 1.82) is 0 Å². The van der Waals surface area contributed by atoms with E-state index in [0.717, 1.165) is 21.7 Å². The summed E-state index contributed by atoms with van der Waals surface area (Å²) < 4.78 is 39.0. The molecule has 0 aliphatic rings. The van der Waals surface area contributed by atoms with Gasteiger partial charge in [0.05, 0.1) is 34.5 Å². The van der Waals surface area contributed by atoms with Crippen molar-refractivity contribution in [3.63, 3.8) is 0 Å². The maximum absolute atomic E-state index is 13.0. The van der Waals surface area contributed by atoms with E-state index in [1.807, 2.05) is 48.5 Å². The first-order chi connectivity index (χ1) is 17.5. The first kappa shape index (κ1) is 23.3. The lowest BCUT2D eigenvalue weighted by Gasteiger charge is -2.13. The van der Waals surface area contributed by atoms with Crippen molar-refractivity contribution in [2.75, 3.05) is 11.8 Å². The third-order valence-corrected chi connectivity index (χ3v) is 7.17. The highest BCUT2D eigenvalue weighted by molar-refractivity contribution is 7.92. The highest BCUT2D eigenvalue weighted by Gasteiger charge is 2.20. The molecule has 0 radical (unpaired) electrons. The Balaban J connectivity index is 1.40. The van der Waals surface area contributed by atoms with E-state index >= 15 is 0 Å². The summed E-state index contributed by atoms with van der Waals surface area (Å²) in [4.78, 5) is 17.8. The second kappa shape index (κ2) is 9.67. The fourth-order valence-electron chi connectivity index (χ4n) is 4.00. The SMILES string of the molecule is COc1ccc(S(=O)(=O)Nc2ccccc2C(=O)OCc2nc3ccccc3c3ccccc23)cc1. The predicted molar refractivity (Wildman–Crippen MR) is 139 cm³/mol. The van der Waals surface area contributed by atoms with Gasteiger partial charge in [-0.2, -0.15) is 0 Å². The van der Waals surface area contributed by atoms with Gasteiger partial charge in [0.1, 0.15) is 12.4 Å². The van der Waals surface area contributed by atoms with E-state index in [1.54, 1.807) is 24.3 Å². The zero-order valence-corrected chi connectivity index (χ0v) is 20.2. The number of benzene rings is 4. The second-order valence-corrected chi connectivity index (χ2v) is 9.71. The van der Waals surface area contributed by atoms with Gasteiger partial charge in [-0.15, -0.1) is 0 Å². The number of para-hydroxylation sites is 2. The van der Waals surface area contributed by atoms with E-state index in [0.29, 0.717) is 11.4 Å².